The first-order chi connectivity index (χ1) is 9.63. The van der Waals surface area contributed by atoms with Crippen molar-refractivity contribution in [2.24, 2.45) is 0 Å². The highest BCUT2D eigenvalue weighted by atomic mass is 16.5. The van der Waals surface area contributed by atoms with Crippen LogP contribution in [0.25, 0.3) is 5.65 Å². The van der Waals surface area contributed by atoms with Crippen LogP contribution < -0.4 is 4.74 Å². The van der Waals surface area contributed by atoms with Gasteiger partial charge in [-0.2, -0.15) is 5.10 Å². The van der Waals surface area contributed by atoms with E-state index >= 15 is 0 Å². The van der Waals surface area contributed by atoms with Crippen LogP contribution >= 0.6 is 0 Å². The van der Waals surface area contributed by atoms with Crippen LogP contribution in [0.15, 0.2) is 36.8 Å². The third-order valence-corrected chi connectivity index (χ3v) is 2.98. The molecule has 0 radical (unpaired) electrons. The van der Waals surface area contributed by atoms with Crippen molar-refractivity contribution in [1.29, 1.82) is 0 Å². The van der Waals surface area contributed by atoms with Crippen LogP contribution in [0.3, 0.4) is 0 Å². The maximum Gasteiger partial charge on any atom is 0.197 e. The van der Waals surface area contributed by atoms with E-state index in [0.29, 0.717) is 17.4 Å². The average Bonchev–Trinajstić information content (AvgIpc) is 2.80. The van der Waals surface area contributed by atoms with Crippen molar-refractivity contribution in [3.63, 3.8) is 0 Å². The summed E-state index contributed by atoms with van der Waals surface area (Å²) < 4.78 is 7.68. The lowest BCUT2D eigenvalue weighted by Crippen LogP contribution is -2.01. The molecular formula is C15H16N4O. The highest BCUT2D eigenvalue weighted by Crippen LogP contribution is 2.27. The molecule has 0 amide bonds. The molecule has 0 atom stereocenters. The molecule has 0 aromatic carbocycles. The molecule has 0 aliphatic rings. The van der Waals surface area contributed by atoms with E-state index in [1.54, 1.807) is 16.9 Å². The molecule has 3 heterocycles. The molecule has 0 unspecified atom stereocenters. The van der Waals surface area contributed by atoms with Crippen LogP contribution in [0.2, 0.25) is 0 Å². The Morgan fingerprint density at radius 1 is 1.30 bits per heavy atom. The quantitative estimate of drug-likeness (QED) is 0.731. The minimum Gasteiger partial charge on any atom is -0.452 e. The van der Waals surface area contributed by atoms with E-state index < -0.39 is 0 Å². The van der Waals surface area contributed by atoms with Crippen LogP contribution in [0.5, 0.6) is 11.5 Å². The van der Waals surface area contributed by atoms with E-state index in [1.807, 2.05) is 31.3 Å². The van der Waals surface area contributed by atoms with Crippen molar-refractivity contribution in [3.05, 3.63) is 48.2 Å². The van der Waals surface area contributed by atoms with Crippen molar-refractivity contribution in [2.75, 3.05) is 0 Å². The van der Waals surface area contributed by atoms with Crippen LogP contribution in [-0.4, -0.2) is 19.6 Å². The molecule has 0 aliphatic heterocycles. The van der Waals surface area contributed by atoms with Crippen molar-refractivity contribution >= 4 is 5.65 Å². The fourth-order valence-electron chi connectivity index (χ4n) is 1.97. The zero-order valence-corrected chi connectivity index (χ0v) is 11.7. The molecular weight excluding hydrogens is 252 g/mol. The Hall–Kier alpha value is -2.43. The van der Waals surface area contributed by atoms with Gasteiger partial charge in [0.15, 0.2) is 11.4 Å². The van der Waals surface area contributed by atoms with Crippen LogP contribution in [0.1, 0.15) is 31.2 Å². The summed E-state index contributed by atoms with van der Waals surface area (Å²) in [5.74, 6) is 1.71. The van der Waals surface area contributed by atoms with Gasteiger partial charge in [0, 0.05) is 12.3 Å². The molecule has 5 heteroatoms. The zero-order chi connectivity index (χ0) is 14.1. The Labute approximate surface area is 117 Å². The SMILES string of the molecule is Cc1cn2nc(C(C)C)cc(Oc3cccnc3)c2n1. The van der Waals surface area contributed by atoms with Gasteiger partial charge >= 0.3 is 0 Å². The molecule has 0 saturated carbocycles. The first-order valence-corrected chi connectivity index (χ1v) is 6.58. The minimum absolute atomic E-state index is 0.318. The molecule has 5 nitrogen and oxygen atoms in total. The Morgan fingerprint density at radius 3 is 2.85 bits per heavy atom. The van der Waals surface area contributed by atoms with Crippen molar-refractivity contribution in [3.8, 4) is 11.5 Å². The largest absolute Gasteiger partial charge is 0.452 e. The number of ether oxygens (including phenoxy) is 1. The Bertz CT molecular complexity index is 734. The summed E-state index contributed by atoms with van der Waals surface area (Å²) in [6.07, 6.45) is 5.30. The predicted octanol–water partition coefficient (Wildman–Crippen LogP) is 3.35. The standard InChI is InChI=1S/C15H16N4O/c1-10(2)13-7-14(20-12-5-4-6-16-8-12)15-17-11(3)9-19(15)18-13/h4-10H,1-3H3. The van der Waals surface area contributed by atoms with Crippen LogP contribution in [-0.2, 0) is 0 Å². The summed E-state index contributed by atoms with van der Waals surface area (Å²) in [6, 6.07) is 5.65. The average molecular weight is 268 g/mol. The van der Waals surface area contributed by atoms with Crippen LogP contribution in [0, 0.1) is 6.92 Å². The maximum atomic E-state index is 5.91. The number of hydrogen-bond acceptors (Lipinski definition) is 4. The second-order valence-corrected chi connectivity index (χ2v) is 5.03. The molecule has 102 valence electrons. The normalized spacial score (nSPS) is 11.2. The fourth-order valence-corrected chi connectivity index (χ4v) is 1.97. The zero-order valence-electron chi connectivity index (χ0n) is 11.7. The fraction of sp³-hybridized carbons (Fsp3) is 0.267. The smallest absolute Gasteiger partial charge is 0.197 e. The number of fused-ring (bicyclic) bond motifs is 1. The van der Waals surface area contributed by atoms with Gasteiger partial charge in [-0.3, -0.25) is 4.98 Å². The molecule has 0 spiro atoms. The van der Waals surface area contributed by atoms with Gasteiger partial charge in [-0.1, -0.05) is 13.8 Å². The van der Waals surface area contributed by atoms with E-state index in [0.717, 1.165) is 17.0 Å². The molecule has 0 fully saturated rings. The summed E-state index contributed by atoms with van der Waals surface area (Å²) in [5, 5.41) is 4.56. The second kappa shape index (κ2) is 4.92. The van der Waals surface area contributed by atoms with E-state index in [-0.39, 0.29) is 0 Å². The number of aryl methyl sites for hydroxylation is 1. The third-order valence-electron chi connectivity index (χ3n) is 2.98. The summed E-state index contributed by atoms with van der Waals surface area (Å²) >= 11 is 0. The predicted molar refractivity (Wildman–Crippen MR) is 76.1 cm³/mol. The Balaban J connectivity index is 2.12. The summed E-state index contributed by atoms with van der Waals surface area (Å²) in [4.78, 5) is 8.52. The molecule has 0 saturated heterocycles. The van der Waals surface area contributed by atoms with Gasteiger partial charge in [-0.25, -0.2) is 9.50 Å². The van der Waals surface area contributed by atoms with Gasteiger partial charge < -0.3 is 4.74 Å². The number of pyridine rings is 1. The van der Waals surface area contributed by atoms with Crippen molar-refractivity contribution < 1.29 is 4.74 Å². The second-order valence-electron chi connectivity index (χ2n) is 5.03. The molecule has 0 aliphatic carbocycles. The number of nitrogens with zero attached hydrogens (tertiary/aromatic N) is 4. The van der Waals surface area contributed by atoms with Gasteiger partial charge in [-0.15, -0.1) is 0 Å². The molecule has 3 aromatic heterocycles. The van der Waals surface area contributed by atoms with Crippen LogP contribution in [0.4, 0.5) is 0 Å². The van der Waals surface area contributed by atoms with Crippen molar-refractivity contribution in [2.45, 2.75) is 26.7 Å². The van der Waals surface area contributed by atoms with Crippen molar-refractivity contribution in [1.82, 2.24) is 19.6 Å². The summed E-state index contributed by atoms with van der Waals surface area (Å²) in [5.41, 5.74) is 2.60. The molecule has 3 rings (SSSR count). The van der Waals surface area contributed by atoms with E-state index in [4.69, 9.17) is 4.74 Å². The van der Waals surface area contributed by atoms with Gasteiger partial charge in [-0.05, 0) is 25.0 Å². The highest BCUT2D eigenvalue weighted by Gasteiger charge is 2.12. The Morgan fingerprint density at radius 2 is 2.15 bits per heavy atom. The number of aromatic nitrogens is 4. The lowest BCUT2D eigenvalue weighted by Gasteiger charge is -2.10. The maximum absolute atomic E-state index is 5.91. The van der Waals surface area contributed by atoms with Gasteiger partial charge in [0.1, 0.15) is 5.75 Å². The summed E-state index contributed by atoms with van der Waals surface area (Å²) in [7, 11) is 0. The third kappa shape index (κ3) is 2.34. The van der Waals surface area contributed by atoms with E-state index in [1.165, 1.54) is 0 Å². The lowest BCUT2D eigenvalue weighted by molar-refractivity contribution is 0.478. The summed E-state index contributed by atoms with van der Waals surface area (Å²) in [6.45, 7) is 6.15. The number of hydrogen-bond donors (Lipinski definition) is 0. The molecule has 20 heavy (non-hydrogen) atoms. The van der Waals surface area contributed by atoms with Gasteiger partial charge in [0.05, 0.1) is 23.8 Å². The molecule has 0 bridgehead atoms. The van der Waals surface area contributed by atoms with Gasteiger partial charge in [0.2, 0.25) is 0 Å². The molecule has 0 N–H and O–H groups in total. The van der Waals surface area contributed by atoms with Gasteiger partial charge in [0.25, 0.3) is 0 Å². The monoisotopic (exact) mass is 268 g/mol. The first-order valence-electron chi connectivity index (χ1n) is 6.58. The highest BCUT2D eigenvalue weighted by molar-refractivity contribution is 5.55. The molecule has 3 aromatic rings. The first kappa shape index (κ1) is 12.6. The lowest BCUT2D eigenvalue weighted by atomic mass is 10.1. The van der Waals surface area contributed by atoms with E-state index in [9.17, 15) is 0 Å². The minimum atomic E-state index is 0.318. The number of imidazole rings is 1. The van der Waals surface area contributed by atoms with E-state index in [2.05, 4.69) is 28.9 Å². The number of rotatable bonds is 3. The Kier molecular flexibility index (Phi) is 3.10. The topological polar surface area (TPSA) is 52.3 Å².